The molecule has 1 fully saturated rings. The second-order valence-electron chi connectivity index (χ2n) is 7.23. The fourth-order valence-corrected chi connectivity index (χ4v) is 3.75. The molecule has 0 aromatic heterocycles. The fraction of sp³-hybridized carbons (Fsp3) is 0.409. The molecular weight excluding hydrogens is 306 g/mol. The Bertz CT molecular complexity index is 728. The molecule has 3 heteroatoms. The van der Waals surface area contributed by atoms with Crippen LogP contribution in [0.4, 0.5) is 0 Å². The van der Waals surface area contributed by atoms with Crippen LogP contribution in [0.3, 0.4) is 0 Å². The molecule has 0 N–H and O–H groups in total. The van der Waals surface area contributed by atoms with Gasteiger partial charge in [0.25, 0.3) is 0 Å². The van der Waals surface area contributed by atoms with Gasteiger partial charge in [0, 0.05) is 19.1 Å². The quantitative estimate of drug-likeness (QED) is 0.815. The van der Waals surface area contributed by atoms with Gasteiger partial charge in [-0.25, -0.2) is 0 Å². The molecule has 0 bridgehead atoms. The maximum Gasteiger partial charge on any atom is 0.0995 e. The van der Waals surface area contributed by atoms with Crippen molar-refractivity contribution in [3.8, 4) is 6.07 Å². The number of benzene rings is 2. The standard InChI is InChI=1S/C22H27N3/c1-24(2)16-18-10-12-19(13-11-18)22-9-5-6-14-25(22)17-21-8-4-3-7-20(21)15-23/h3-4,7-8,10-13,22H,5-6,9,14,16-17H2,1-2H3/t22-/m1/s1. The van der Waals surface area contributed by atoms with Crippen LogP contribution >= 0.6 is 0 Å². The molecule has 0 radical (unpaired) electrons. The summed E-state index contributed by atoms with van der Waals surface area (Å²) in [5.74, 6) is 0. The van der Waals surface area contributed by atoms with Crippen molar-refractivity contribution in [1.82, 2.24) is 9.80 Å². The summed E-state index contributed by atoms with van der Waals surface area (Å²) < 4.78 is 0. The summed E-state index contributed by atoms with van der Waals surface area (Å²) in [5, 5.41) is 9.36. The second kappa shape index (κ2) is 8.29. The molecule has 1 aliphatic heterocycles. The van der Waals surface area contributed by atoms with Crippen LogP contribution in [0.25, 0.3) is 0 Å². The lowest BCUT2D eigenvalue weighted by molar-refractivity contribution is 0.140. The Morgan fingerprint density at radius 1 is 1.08 bits per heavy atom. The Morgan fingerprint density at radius 2 is 1.84 bits per heavy atom. The van der Waals surface area contributed by atoms with E-state index >= 15 is 0 Å². The third-order valence-electron chi connectivity index (χ3n) is 4.99. The van der Waals surface area contributed by atoms with Crippen LogP contribution in [0, 0.1) is 11.3 Å². The Labute approximate surface area is 151 Å². The number of nitrogens with zero attached hydrogens (tertiary/aromatic N) is 3. The summed E-state index contributed by atoms with van der Waals surface area (Å²) in [5.41, 5.74) is 4.69. The molecule has 1 heterocycles. The number of likely N-dealkylation sites (tertiary alicyclic amines) is 1. The van der Waals surface area contributed by atoms with Gasteiger partial charge >= 0.3 is 0 Å². The van der Waals surface area contributed by atoms with E-state index < -0.39 is 0 Å². The van der Waals surface area contributed by atoms with Crippen LogP contribution < -0.4 is 0 Å². The van der Waals surface area contributed by atoms with Gasteiger partial charge < -0.3 is 4.90 Å². The van der Waals surface area contributed by atoms with Crippen molar-refractivity contribution in [3.63, 3.8) is 0 Å². The Balaban J connectivity index is 1.78. The zero-order valence-corrected chi connectivity index (χ0v) is 15.3. The van der Waals surface area contributed by atoms with E-state index in [9.17, 15) is 5.26 Å². The minimum Gasteiger partial charge on any atom is -0.305 e. The Morgan fingerprint density at radius 3 is 2.56 bits per heavy atom. The van der Waals surface area contributed by atoms with Crippen molar-refractivity contribution in [2.45, 2.75) is 38.4 Å². The summed E-state index contributed by atoms with van der Waals surface area (Å²) in [7, 11) is 4.20. The highest BCUT2D eigenvalue weighted by atomic mass is 15.2. The monoisotopic (exact) mass is 333 g/mol. The molecule has 3 nitrogen and oxygen atoms in total. The van der Waals surface area contributed by atoms with Gasteiger partial charge in [-0.05, 0) is 56.2 Å². The van der Waals surface area contributed by atoms with Crippen LogP contribution in [-0.4, -0.2) is 30.4 Å². The number of nitriles is 1. The number of rotatable bonds is 5. The lowest BCUT2D eigenvalue weighted by atomic mass is 9.93. The van der Waals surface area contributed by atoms with E-state index in [2.05, 4.69) is 60.3 Å². The first-order valence-electron chi connectivity index (χ1n) is 9.13. The fourth-order valence-electron chi connectivity index (χ4n) is 3.75. The van der Waals surface area contributed by atoms with Crippen molar-refractivity contribution in [2.75, 3.05) is 20.6 Å². The van der Waals surface area contributed by atoms with Gasteiger partial charge in [0.1, 0.15) is 0 Å². The summed E-state index contributed by atoms with van der Waals surface area (Å²) in [4.78, 5) is 4.74. The lowest BCUT2D eigenvalue weighted by Crippen LogP contribution is -2.33. The second-order valence-corrected chi connectivity index (χ2v) is 7.23. The zero-order chi connectivity index (χ0) is 17.6. The predicted molar refractivity (Wildman–Crippen MR) is 102 cm³/mol. The zero-order valence-electron chi connectivity index (χ0n) is 15.3. The third-order valence-corrected chi connectivity index (χ3v) is 4.99. The minimum atomic E-state index is 0.453. The van der Waals surface area contributed by atoms with E-state index in [0.717, 1.165) is 30.8 Å². The molecule has 130 valence electrons. The van der Waals surface area contributed by atoms with E-state index in [1.807, 2.05) is 18.2 Å². The lowest BCUT2D eigenvalue weighted by Gasteiger charge is -2.36. The topological polar surface area (TPSA) is 30.3 Å². The third kappa shape index (κ3) is 4.48. The van der Waals surface area contributed by atoms with Gasteiger partial charge in [0.15, 0.2) is 0 Å². The first-order chi connectivity index (χ1) is 12.2. The van der Waals surface area contributed by atoms with Gasteiger partial charge in [-0.3, -0.25) is 4.90 Å². The maximum absolute atomic E-state index is 9.36. The van der Waals surface area contributed by atoms with E-state index in [0.29, 0.717) is 6.04 Å². The van der Waals surface area contributed by atoms with Crippen LogP contribution in [-0.2, 0) is 13.1 Å². The van der Waals surface area contributed by atoms with Crippen molar-refractivity contribution >= 4 is 0 Å². The molecule has 3 rings (SSSR count). The number of hydrogen-bond donors (Lipinski definition) is 0. The molecule has 2 aromatic carbocycles. The molecule has 0 aliphatic carbocycles. The van der Waals surface area contributed by atoms with E-state index in [-0.39, 0.29) is 0 Å². The predicted octanol–water partition coefficient (Wildman–Crippen LogP) is 4.35. The Hall–Kier alpha value is -2.15. The van der Waals surface area contributed by atoms with Crippen molar-refractivity contribution in [1.29, 1.82) is 5.26 Å². The van der Waals surface area contributed by atoms with Crippen molar-refractivity contribution in [3.05, 3.63) is 70.8 Å². The molecule has 0 spiro atoms. The van der Waals surface area contributed by atoms with Crippen LogP contribution in [0.1, 0.15) is 47.6 Å². The molecular formula is C22H27N3. The largest absolute Gasteiger partial charge is 0.305 e. The highest BCUT2D eigenvalue weighted by molar-refractivity contribution is 5.37. The van der Waals surface area contributed by atoms with Gasteiger partial charge in [0.2, 0.25) is 0 Å². The molecule has 1 aliphatic rings. The molecule has 0 saturated carbocycles. The molecule has 25 heavy (non-hydrogen) atoms. The van der Waals surface area contributed by atoms with Crippen LogP contribution in [0.15, 0.2) is 48.5 Å². The van der Waals surface area contributed by atoms with Gasteiger partial charge in [-0.15, -0.1) is 0 Å². The molecule has 1 atom stereocenters. The van der Waals surface area contributed by atoms with Crippen molar-refractivity contribution < 1.29 is 0 Å². The van der Waals surface area contributed by atoms with E-state index in [4.69, 9.17) is 0 Å². The average molecular weight is 333 g/mol. The molecule has 2 aromatic rings. The first-order valence-corrected chi connectivity index (χ1v) is 9.13. The summed E-state index contributed by atoms with van der Waals surface area (Å²) in [6.45, 7) is 2.93. The average Bonchev–Trinajstić information content (AvgIpc) is 2.63. The van der Waals surface area contributed by atoms with Gasteiger partial charge in [0.05, 0.1) is 11.6 Å². The number of piperidine rings is 1. The highest BCUT2D eigenvalue weighted by Crippen LogP contribution is 2.32. The summed E-state index contributed by atoms with van der Waals surface area (Å²) in [6.07, 6.45) is 3.71. The summed E-state index contributed by atoms with van der Waals surface area (Å²) in [6, 6.07) is 19.9. The van der Waals surface area contributed by atoms with E-state index in [1.54, 1.807) is 0 Å². The molecule has 0 unspecified atom stereocenters. The smallest absolute Gasteiger partial charge is 0.0995 e. The number of hydrogen-bond acceptors (Lipinski definition) is 3. The summed E-state index contributed by atoms with van der Waals surface area (Å²) >= 11 is 0. The van der Waals surface area contributed by atoms with E-state index in [1.165, 1.54) is 30.4 Å². The Kier molecular flexibility index (Phi) is 5.86. The van der Waals surface area contributed by atoms with Crippen LogP contribution in [0.2, 0.25) is 0 Å². The molecule has 0 amide bonds. The maximum atomic E-state index is 9.36. The highest BCUT2D eigenvalue weighted by Gasteiger charge is 2.24. The first kappa shape index (κ1) is 17.7. The minimum absolute atomic E-state index is 0.453. The van der Waals surface area contributed by atoms with Crippen molar-refractivity contribution in [2.24, 2.45) is 0 Å². The van der Waals surface area contributed by atoms with Crippen LogP contribution in [0.5, 0.6) is 0 Å². The molecule has 1 saturated heterocycles. The van der Waals surface area contributed by atoms with Gasteiger partial charge in [-0.2, -0.15) is 5.26 Å². The normalized spacial score (nSPS) is 18.2. The SMILES string of the molecule is CN(C)Cc1ccc([C@H]2CCCCN2Cc2ccccc2C#N)cc1. The van der Waals surface area contributed by atoms with Gasteiger partial charge in [-0.1, -0.05) is 48.9 Å².